The van der Waals surface area contributed by atoms with Crippen LogP contribution in [0.1, 0.15) is 35.1 Å². The van der Waals surface area contributed by atoms with E-state index in [4.69, 9.17) is 0 Å². The zero-order valence-electron chi connectivity index (χ0n) is 11.0. The van der Waals surface area contributed by atoms with Crippen LogP contribution in [0.4, 0.5) is 5.82 Å². The van der Waals surface area contributed by atoms with Gasteiger partial charge in [0.2, 0.25) is 0 Å². The molecule has 0 saturated carbocycles. The SMILES string of the molecule is CC(C)c1nnsc1C(=O)Nc1n[nH]c2ccccc12. The van der Waals surface area contributed by atoms with Gasteiger partial charge in [-0.2, -0.15) is 5.10 Å². The monoisotopic (exact) mass is 287 g/mol. The predicted octanol–water partition coefficient (Wildman–Crippen LogP) is 2.79. The number of aromatic nitrogens is 4. The minimum absolute atomic E-state index is 0.158. The van der Waals surface area contributed by atoms with Crippen LogP contribution in [0.2, 0.25) is 0 Å². The molecule has 0 atom stereocenters. The number of fused-ring (bicyclic) bond motifs is 1. The van der Waals surface area contributed by atoms with E-state index in [1.807, 2.05) is 38.1 Å². The highest BCUT2D eigenvalue weighted by molar-refractivity contribution is 7.08. The molecule has 0 saturated heterocycles. The van der Waals surface area contributed by atoms with Gasteiger partial charge in [-0.3, -0.25) is 9.89 Å². The third-order valence-corrected chi connectivity index (χ3v) is 3.71. The number of aromatic amines is 1. The van der Waals surface area contributed by atoms with Gasteiger partial charge in [0.1, 0.15) is 4.88 Å². The second-order valence-corrected chi connectivity index (χ2v) is 5.47. The van der Waals surface area contributed by atoms with Crippen molar-refractivity contribution in [3.05, 3.63) is 34.8 Å². The molecular weight excluding hydrogens is 274 g/mol. The van der Waals surface area contributed by atoms with Crippen molar-refractivity contribution in [1.29, 1.82) is 0 Å². The van der Waals surface area contributed by atoms with E-state index in [0.717, 1.165) is 22.4 Å². The Hall–Kier alpha value is -2.28. The number of H-pyrrole nitrogens is 1. The quantitative estimate of drug-likeness (QED) is 0.776. The Morgan fingerprint density at radius 1 is 1.35 bits per heavy atom. The number of nitrogens with one attached hydrogen (secondary N) is 2. The van der Waals surface area contributed by atoms with Crippen LogP contribution >= 0.6 is 11.5 Å². The number of carbonyl (C=O) groups is 1. The molecule has 2 N–H and O–H groups in total. The van der Waals surface area contributed by atoms with Crippen LogP contribution in [0.3, 0.4) is 0 Å². The largest absolute Gasteiger partial charge is 0.304 e. The standard InChI is InChI=1S/C13H13N5OS/c1-7(2)10-11(20-18-16-10)13(19)14-12-8-5-3-4-6-9(8)15-17-12/h3-7H,1-2H3,(H2,14,15,17,19). The number of para-hydroxylation sites is 1. The molecule has 7 heteroatoms. The molecular formula is C13H13N5OS. The summed E-state index contributed by atoms with van der Waals surface area (Å²) in [6, 6.07) is 7.63. The fourth-order valence-electron chi connectivity index (χ4n) is 1.96. The molecule has 0 unspecified atom stereocenters. The Morgan fingerprint density at radius 3 is 2.95 bits per heavy atom. The van der Waals surface area contributed by atoms with Gasteiger partial charge in [0, 0.05) is 5.39 Å². The van der Waals surface area contributed by atoms with Crippen molar-refractivity contribution in [3.8, 4) is 0 Å². The van der Waals surface area contributed by atoms with E-state index in [9.17, 15) is 4.79 Å². The molecule has 1 amide bonds. The van der Waals surface area contributed by atoms with E-state index in [1.165, 1.54) is 0 Å². The minimum Gasteiger partial charge on any atom is -0.304 e. The first-order chi connectivity index (χ1) is 9.66. The van der Waals surface area contributed by atoms with Crippen molar-refractivity contribution >= 4 is 34.2 Å². The summed E-state index contributed by atoms with van der Waals surface area (Å²) in [4.78, 5) is 12.8. The Morgan fingerprint density at radius 2 is 2.15 bits per heavy atom. The first kappa shape index (κ1) is 12.7. The molecule has 3 rings (SSSR count). The van der Waals surface area contributed by atoms with Crippen LogP contribution in [0, 0.1) is 0 Å². The Balaban J connectivity index is 1.91. The minimum atomic E-state index is -0.221. The van der Waals surface area contributed by atoms with Gasteiger partial charge in [0.05, 0.1) is 11.2 Å². The van der Waals surface area contributed by atoms with Crippen LogP contribution in [-0.2, 0) is 0 Å². The number of hydrogen-bond acceptors (Lipinski definition) is 5. The van der Waals surface area contributed by atoms with Gasteiger partial charge in [0.25, 0.3) is 5.91 Å². The topological polar surface area (TPSA) is 83.6 Å². The Kier molecular flexibility index (Phi) is 3.19. The van der Waals surface area contributed by atoms with E-state index in [-0.39, 0.29) is 11.8 Å². The van der Waals surface area contributed by atoms with Crippen molar-refractivity contribution in [2.75, 3.05) is 5.32 Å². The molecule has 0 spiro atoms. The van der Waals surface area contributed by atoms with E-state index >= 15 is 0 Å². The number of amides is 1. The smallest absolute Gasteiger partial charge is 0.270 e. The summed E-state index contributed by atoms with van der Waals surface area (Å²) in [6.45, 7) is 3.97. The molecule has 1 aromatic carbocycles. The van der Waals surface area contributed by atoms with Crippen molar-refractivity contribution < 1.29 is 4.79 Å². The van der Waals surface area contributed by atoms with Crippen LogP contribution in [0.15, 0.2) is 24.3 Å². The van der Waals surface area contributed by atoms with Gasteiger partial charge in [0.15, 0.2) is 5.82 Å². The molecule has 2 heterocycles. The Labute approximate surface area is 119 Å². The second kappa shape index (κ2) is 5.01. The number of anilines is 1. The molecule has 0 radical (unpaired) electrons. The summed E-state index contributed by atoms with van der Waals surface area (Å²) in [5.41, 5.74) is 1.60. The third-order valence-electron chi connectivity index (χ3n) is 2.97. The van der Waals surface area contributed by atoms with E-state index in [1.54, 1.807) is 0 Å². The highest BCUT2D eigenvalue weighted by Gasteiger charge is 2.20. The van der Waals surface area contributed by atoms with Crippen molar-refractivity contribution in [1.82, 2.24) is 19.8 Å². The molecule has 0 fully saturated rings. The fraction of sp³-hybridized carbons (Fsp3) is 0.231. The van der Waals surface area contributed by atoms with Crippen LogP contribution < -0.4 is 5.32 Å². The van der Waals surface area contributed by atoms with Gasteiger partial charge in [-0.25, -0.2) is 0 Å². The summed E-state index contributed by atoms with van der Waals surface area (Å²) in [6.07, 6.45) is 0. The second-order valence-electron chi connectivity index (χ2n) is 4.71. The number of hydrogen-bond donors (Lipinski definition) is 2. The molecule has 0 aliphatic heterocycles. The highest BCUT2D eigenvalue weighted by Crippen LogP contribution is 2.23. The first-order valence-electron chi connectivity index (χ1n) is 6.23. The van der Waals surface area contributed by atoms with Gasteiger partial charge in [-0.05, 0) is 29.6 Å². The number of carbonyl (C=O) groups excluding carboxylic acids is 1. The van der Waals surface area contributed by atoms with E-state index < -0.39 is 0 Å². The maximum Gasteiger partial charge on any atom is 0.270 e. The van der Waals surface area contributed by atoms with Gasteiger partial charge >= 0.3 is 0 Å². The maximum atomic E-state index is 12.3. The normalized spacial score (nSPS) is 11.2. The van der Waals surface area contributed by atoms with Crippen LogP contribution in [0.25, 0.3) is 10.9 Å². The highest BCUT2D eigenvalue weighted by atomic mass is 32.1. The van der Waals surface area contributed by atoms with E-state index in [2.05, 4.69) is 25.1 Å². The molecule has 6 nitrogen and oxygen atoms in total. The fourth-order valence-corrected chi connectivity index (χ4v) is 2.67. The molecule has 0 aliphatic rings. The lowest BCUT2D eigenvalue weighted by Gasteiger charge is -2.04. The summed E-state index contributed by atoms with van der Waals surface area (Å²) in [5, 5.41) is 14.7. The van der Waals surface area contributed by atoms with Crippen LogP contribution in [-0.4, -0.2) is 25.7 Å². The number of benzene rings is 1. The molecule has 2 aromatic heterocycles. The first-order valence-corrected chi connectivity index (χ1v) is 7.01. The van der Waals surface area contributed by atoms with Crippen molar-refractivity contribution in [2.24, 2.45) is 0 Å². The molecule has 20 heavy (non-hydrogen) atoms. The summed E-state index contributed by atoms with van der Waals surface area (Å²) in [7, 11) is 0. The van der Waals surface area contributed by atoms with Gasteiger partial charge < -0.3 is 5.32 Å². The number of rotatable bonds is 3. The number of nitrogens with zero attached hydrogens (tertiary/aromatic N) is 3. The lowest BCUT2D eigenvalue weighted by molar-refractivity contribution is 0.102. The van der Waals surface area contributed by atoms with Crippen molar-refractivity contribution in [3.63, 3.8) is 0 Å². The molecule has 0 aliphatic carbocycles. The molecule has 0 bridgehead atoms. The zero-order valence-corrected chi connectivity index (χ0v) is 11.9. The summed E-state index contributed by atoms with van der Waals surface area (Å²) >= 11 is 1.10. The lowest BCUT2D eigenvalue weighted by Crippen LogP contribution is -2.13. The average Bonchev–Trinajstić information content (AvgIpc) is 3.06. The predicted molar refractivity (Wildman–Crippen MR) is 78.0 cm³/mol. The van der Waals surface area contributed by atoms with Gasteiger partial charge in [-0.15, -0.1) is 5.10 Å². The van der Waals surface area contributed by atoms with Crippen LogP contribution in [0.5, 0.6) is 0 Å². The van der Waals surface area contributed by atoms with E-state index in [0.29, 0.717) is 16.4 Å². The Bertz CT molecular complexity index is 761. The summed E-state index contributed by atoms with van der Waals surface area (Å²) in [5.74, 6) is 0.458. The molecule has 3 aromatic rings. The third kappa shape index (κ3) is 2.16. The average molecular weight is 287 g/mol. The maximum absolute atomic E-state index is 12.3. The van der Waals surface area contributed by atoms with Crippen molar-refractivity contribution in [2.45, 2.75) is 19.8 Å². The zero-order chi connectivity index (χ0) is 14.1. The van der Waals surface area contributed by atoms with Gasteiger partial charge in [-0.1, -0.05) is 30.5 Å². The summed E-state index contributed by atoms with van der Waals surface area (Å²) < 4.78 is 3.86. The molecule has 102 valence electrons. The lowest BCUT2D eigenvalue weighted by atomic mass is 10.1.